The lowest BCUT2D eigenvalue weighted by molar-refractivity contribution is 0.0956. The van der Waals surface area contributed by atoms with E-state index in [2.05, 4.69) is 6.92 Å². The van der Waals surface area contributed by atoms with E-state index in [1.807, 2.05) is 30.3 Å². The molecule has 0 fully saturated rings. The van der Waals surface area contributed by atoms with Crippen LogP contribution in [-0.2, 0) is 0 Å². The van der Waals surface area contributed by atoms with E-state index in [1.165, 1.54) is 19.3 Å². The number of hydrogen-bond acceptors (Lipinski definition) is 2. The van der Waals surface area contributed by atoms with Gasteiger partial charge in [0.05, 0.1) is 6.04 Å². The van der Waals surface area contributed by atoms with Crippen LogP contribution in [0.4, 0.5) is 0 Å². The molecule has 0 saturated carbocycles. The minimum Gasteiger partial charge on any atom is -0.321 e. The van der Waals surface area contributed by atoms with E-state index in [0.717, 1.165) is 18.4 Å². The van der Waals surface area contributed by atoms with E-state index in [1.54, 1.807) is 0 Å². The zero-order valence-corrected chi connectivity index (χ0v) is 9.99. The topological polar surface area (TPSA) is 43.1 Å². The molecule has 0 bridgehead atoms. The quantitative estimate of drug-likeness (QED) is 0.565. The highest BCUT2D eigenvalue weighted by Gasteiger charge is 2.14. The van der Waals surface area contributed by atoms with Crippen LogP contribution >= 0.6 is 0 Å². The normalized spacial score (nSPS) is 12.4. The van der Waals surface area contributed by atoms with Gasteiger partial charge in [0.15, 0.2) is 5.78 Å². The number of carbonyl (C=O) groups excluding carboxylic acids is 1. The largest absolute Gasteiger partial charge is 0.321 e. The molecule has 2 nitrogen and oxygen atoms in total. The lowest BCUT2D eigenvalue weighted by atomic mass is 9.99. The van der Waals surface area contributed by atoms with Crippen molar-refractivity contribution in [3.63, 3.8) is 0 Å². The number of Topliss-reactive ketones (excluding diaryl/α,β-unsaturated/α-hetero) is 1. The highest BCUT2D eigenvalue weighted by atomic mass is 16.1. The fourth-order valence-corrected chi connectivity index (χ4v) is 1.74. The van der Waals surface area contributed by atoms with Gasteiger partial charge in [-0.2, -0.15) is 0 Å². The highest BCUT2D eigenvalue weighted by molar-refractivity contribution is 5.99. The number of unbranched alkanes of at least 4 members (excludes halogenated alkanes) is 3. The average molecular weight is 219 g/mol. The molecule has 1 atom stereocenters. The Morgan fingerprint density at radius 3 is 2.50 bits per heavy atom. The molecule has 2 heteroatoms. The number of benzene rings is 1. The lowest BCUT2D eigenvalue weighted by Gasteiger charge is -2.10. The van der Waals surface area contributed by atoms with Crippen LogP contribution in [0.15, 0.2) is 30.3 Å². The third kappa shape index (κ3) is 4.15. The number of ketones is 1. The van der Waals surface area contributed by atoms with Gasteiger partial charge in [0.1, 0.15) is 0 Å². The Balaban J connectivity index is 2.37. The van der Waals surface area contributed by atoms with Gasteiger partial charge in [-0.3, -0.25) is 4.79 Å². The molecule has 0 unspecified atom stereocenters. The van der Waals surface area contributed by atoms with E-state index in [4.69, 9.17) is 5.73 Å². The van der Waals surface area contributed by atoms with Gasteiger partial charge in [-0.15, -0.1) is 0 Å². The van der Waals surface area contributed by atoms with E-state index in [0.29, 0.717) is 0 Å². The molecule has 2 N–H and O–H groups in total. The first-order valence-corrected chi connectivity index (χ1v) is 6.10. The van der Waals surface area contributed by atoms with Crippen molar-refractivity contribution in [1.82, 2.24) is 0 Å². The zero-order valence-electron chi connectivity index (χ0n) is 9.99. The molecule has 0 radical (unpaired) electrons. The number of hydrogen-bond donors (Lipinski definition) is 1. The van der Waals surface area contributed by atoms with Crippen molar-refractivity contribution >= 4 is 5.78 Å². The monoisotopic (exact) mass is 219 g/mol. The summed E-state index contributed by atoms with van der Waals surface area (Å²) in [6.07, 6.45) is 5.46. The summed E-state index contributed by atoms with van der Waals surface area (Å²) < 4.78 is 0. The van der Waals surface area contributed by atoms with Gasteiger partial charge in [-0.1, -0.05) is 62.9 Å². The second-order valence-corrected chi connectivity index (χ2v) is 4.19. The van der Waals surface area contributed by atoms with Gasteiger partial charge in [-0.25, -0.2) is 0 Å². The molecule has 0 heterocycles. The molecule has 0 amide bonds. The molecule has 0 aliphatic heterocycles. The maximum atomic E-state index is 11.9. The lowest BCUT2D eigenvalue weighted by Crippen LogP contribution is -2.30. The molecule has 1 aromatic rings. The van der Waals surface area contributed by atoms with Crippen LogP contribution in [0.3, 0.4) is 0 Å². The van der Waals surface area contributed by atoms with Crippen molar-refractivity contribution in [2.45, 2.75) is 45.1 Å². The van der Waals surface area contributed by atoms with Crippen LogP contribution in [0.5, 0.6) is 0 Å². The standard InChI is InChI=1S/C14H21NO/c1-2-3-4-8-11-13(15)14(16)12-9-6-5-7-10-12/h5-7,9-10,13H,2-4,8,11,15H2,1H3/t13-/m0/s1. The van der Waals surface area contributed by atoms with Gasteiger partial charge in [0.2, 0.25) is 0 Å². The minimum absolute atomic E-state index is 0.0668. The minimum atomic E-state index is -0.334. The molecule has 1 aromatic carbocycles. The second kappa shape index (κ2) is 7.18. The van der Waals surface area contributed by atoms with E-state index in [-0.39, 0.29) is 11.8 Å². The van der Waals surface area contributed by atoms with E-state index >= 15 is 0 Å². The summed E-state index contributed by atoms with van der Waals surface area (Å²) in [5, 5.41) is 0. The van der Waals surface area contributed by atoms with Crippen LogP contribution in [0.2, 0.25) is 0 Å². The van der Waals surface area contributed by atoms with Crippen molar-refractivity contribution in [3.05, 3.63) is 35.9 Å². The van der Waals surface area contributed by atoms with Crippen molar-refractivity contribution < 1.29 is 4.79 Å². The van der Waals surface area contributed by atoms with Crippen molar-refractivity contribution in [1.29, 1.82) is 0 Å². The third-order valence-corrected chi connectivity index (χ3v) is 2.76. The molecule has 0 saturated heterocycles. The highest BCUT2D eigenvalue weighted by Crippen LogP contribution is 2.09. The van der Waals surface area contributed by atoms with Crippen LogP contribution < -0.4 is 5.73 Å². The molecule has 1 rings (SSSR count). The molecule has 0 aliphatic rings. The van der Waals surface area contributed by atoms with Gasteiger partial charge in [0.25, 0.3) is 0 Å². The summed E-state index contributed by atoms with van der Waals surface area (Å²) in [6.45, 7) is 2.18. The molecule has 0 aliphatic carbocycles. The van der Waals surface area contributed by atoms with Gasteiger partial charge >= 0.3 is 0 Å². The predicted molar refractivity (Wildman–Crippen MR) is 67.5 cm³/mol. The Morgan fingerprint density at radius 1 is 1.19 bits per heavy atom. The van der Waals surface area contributed by atoms with Crippen LogP contribution in [0.1, 0.15) is 49.4 Å². The van der Waals surface area contributed by atoms with Crippen LogP contribution in [0.25, 0.3) is 0 Å². The SMILES string of the molecule is CCCCCC[C@H](N)C(=O)c1ccccc1. The maximum Gasteiger partial charge on any atom is 0.179 e. The molecular weight excluding hydrogens is 198 g/mol. The molecular formula is C14H21NO. The summed E-state index contributed by atoms with van der Waals surface area (Å²) in [4.78, 5) is 11.9. The first-order chi connectivity index (χ1) is 7.75. The fraction of sp³-hybridized carbons (Fsp3) is 0.500. The third-order valence-electron chi connectivity index (χ3n) is 2.76. The molecule has 0 aromatic heterocycles. The summed E-state index contributed by atoms with van der Waals surface area (Å²) in [5.41, 5.74) is 6.61. The van der Waals surface area contributed by atoms with E-state index < -0.39 is 0 Å². The van der Waals surface area contributed by atoms with Crippen LogP contribution in [-0.4, -0.2) is 11.8 Å². The van der Waals surface area contributed by atoms with Gasteiger partial charge < -0.3 is 5.73 Å². The van der Waals surface area contributed by atoms with Crippen LogP contribution in [0, 0.1) is 0 Å². The van der Waals surface area contributed by atoms with Crippen molar-refractivity contribution in [2.24, 2.45) is 5.73 Å². The van der Waals surface area contributed by atoms with Crippen molar-refractivity contribution in [2.75, 3.05) is 0 Å². The first-order valence-electron chi connectivity index (χ1n) is 6.10. The maximum absolute atomic E-state index is 11.9. The number of nitrogens with two attached hydrogens (primary N) is 1. The molecule has 88 valence electrons. The van der Waals surface area contributed by atoms with Crippen molar-refractivity contribution in [3.8, 4) is 0 Å². The number of rotatable bonds is 7. The summed E-state index contributed by atoms with van der Waals surface area (Å²) in [6, 6.07) is 8.97. The Hall–Kier alpha value is -1.15. The fourth-order valence-electron chi connectivity index (χ4n) is 1.74. The summed E-state index contributed by atoms with van der Waals surface area (Å²) in [5.74, 6) is 0.0668. The molecule has 16 heavy (non-hydrogen) atoms. The first kappa shape index (κ1) is 12.9. The number of carbonyl (C=O) groups is 1. The van der Waals surface area contributed by atoms with Gasteiger partial charge in [0, 0.05) is 5.56 Å². The second-order valence-electron chi connectivity index (χ2n) is 4.19. The Morgan fingerprint density at radius 2 is 1.88 bits per heavy atom. The molecule has 0 spiro atoms. The zero-order chi connectivity index (χ0) is 11.8. The van der Waals surface area contributed by atoms with E-state index in [9.17, 15) is 4.79 Å². The predicted octanol–water partition coefficient (Wildman–Crippen LogP) is 3.17. The summed E-state index contributed by atoms with van der Waals surface area (Å²) in [7, 11) is 0. The average Bonchev–Trinajstić information content (AvgIpc) is 2.34. The Labute approximate surface area is 97.9 Å². The Bertz CT molecular complexity index is 308. The Kier molecular flexibility index (Phi) is 5.79. The smallest absolute Gasteiger partial charge is 0.179 e. The summed E-state index contributed by atoms with van der Waals surface area (Å²) >= 11 is 0. The van der Waals surface area contributed by atoms with Gasteiger partial charge in [-0.05, 0) is 6.42 Å².